The molecule has 26 N–H and O–H groups in total. The van der Waals surface area contributed by atoms with Crippen molar-refractivity contribution in [1.29, 1.82) is 0 Å². The van der Waals surface area contributed by atoms with Gasteiger partial charge in [-0.25, -0.2) is 0 Å². The van der Waals surface area contributed by atoms with Gasteiger partial charge in [0.2, 0.25) is 82.7 Å². The van der Waals surface area contributed by atoms with Crippen LogP contribution in [0, 0.1) is 29.6 Å². The third kappa shape index (κ3) is 37.4. The number of carbonyl (C=O) groups excluding carboxylic acids is 14. The fourth-order valence-electron chi connectivity index (χ4n) is 11.1. The Balaban J connectivity index is 3.59. The molecule has 0 aromatic heterocycles. The van der Waals surface area contributed by atoms with E-state index in [0.29, 0.717) is 69.9 Å². The van der Waals surface area contributed by atoms with E-state index in [1.165, 1.54) is 0 Å². The van der Waals surface area contributed by atoms with Crippen LogP contribution in [0.4, 0.5) is 0 Å². The normalized spacial score (nSPS) is 15.3. The molecule has 0 saturated heterocycles. The first-order valence-corrected chi connectivity index (χ1v) is 36.9. The number of nitrogens with two attached hydrogens (primary N) is 6. The molecule has 0 aliphatic heterocycles. The number of aliphatic hydroxyl groups is 1. The number of hydrogen-bond donors (Lipinski definition) is 20. The van der Waals surface area contributed by atoms with Gasteiger partial charge >= 0.3 is 5.97 Å². The topological polar surface area (TPSA) is 597 Å². The summed E-state index contributed by atoms with van der Waals surface area (Å²) in [5.41, 5.74) is 34.7. The number of primary amides is 2. The smallest absolute Gasteiger partial charge is 0.305 e. The number of unbranched alkanes of at least 4 members (excludes halogenated alkanes) is 3. The van der Waals surface area contributed by atoms with Crippen LogP contribution in [0.2, 0.25) is 0 Å². The Labute approximate surface area is 622 Å². The second-order valence-electron chi connectivity index (χ2n) is 28.3. The lowest BCUT2D eigenvalue weighted by molar-refractivity contribution is -0.141. The van der Waals surface area contributed by atoms with Crippen molar-refractivity contribution in [2.45, 2.75) is 257 Å². The molecule has 35 nitrogen and oxygen atoms in total. The Bertz CT molecular complexity index is 3000. The van der Waals surface area contributed by atoms with E-state index in [0.717, 1.165) is 0 Å². The van der Waals surface area contributed by atoms with Gasteiger partial charge in [0.05, 0.1) is 25.6 Å². The first-order chi connectivity index (χ1) is 50.0. The summed E-state index contributed by atoms with van der Waals surface area (Å²) in [4.78, 5) is 205. The molecule has 0 unspecified atom stereocenters. The van der Waals surface area contributed by atoms with Crippen LogP contribution in [0.5, 0.6) is 0 Å². The highest BCUT2D eigenvalue weighted by molar-refractivity contribution is 6.00. The van der Waals surface area contributed by atoms with Gasteiger partial charge in [0.15, 0.2) is 0 Å². The number of carboxylic acid groups (broad SMARTS) is 1. The minimum Gasteiger partial charge on any atom is -0.481 e. The van der Waals surface area contributed by atoms with E-state index >= 15 is 0 Å². The van der Waals surface area contributed by atoms with Crippen LogP contribution in [0.25, 0.3) is 0 Å². The summed E-state index contributed by atoms with van der Waals surface area (Å²) in [6, 6.07) is -8.69. The molecule has 1 rings (SSSR count). The molecule has 0 aliphatic rings. The summed E-state index contributed by atoms with van der Waals surface area (Å²) >= 11 is 0. The largest absolute Gasteiger partial charge is 0.481 e. The van der Waals surface area contributed by atoms with Crippen molar-refractivity contribution in [2.24, 2.45) is 64.0 Å². The lowest BCUT2D eigenvalue weighted by atomic mass is 9.96. The molecule has 14 amide bonds. The predicted molar refractivity (Wildman–Crippen MR) is 395 cm³/mol. The lowest BCUT2D eigenvalue weighted by Gasteiger charge is -2.29. The van der Waals surface area contributed by atoms with Crippen molar-refractivity contribution in [2.75, 3.05) is 32.8 Å². The molecule has 0 saturated carbocycles. The van der Waals surface area contributed by atoms with Crippen LogP contribution in [-0.4, -0.2) is 204 Å². The quantitative estimate of drug-likeness (QED) is 0.0286. The summed E-state index contributed by atoms with van der Waals surface area (Å²) in [5, 5.41) is 51.1. The first kappa shape index (κ1) is 95.1. The summed E-state index contributed by atoms with van der Waals surface area (Å²) < 4.78 is 0. The zero-order valence-electron chi connectivity index (χ0n) is 63.4. The van der Waals surface area contributed by atoms with Crippen molar-refractivity contribution in [3.05, 3.63) is 35.9 Å². The van der Waals surface area contributed by atoms with Crippen molar-refractivity contribution in [1.82, 2.24) is 63.8 Å². The molecule has 0 radical (unpaired) electrons. The van der Waals surface area contributed by atoms with Crippen LogP contribution in [0.3, 0.4) is 0 Å². The van der Waals surface area contributed by atoms with Gasteiger partial charge in [-0.15, -0.1) is 0 Å². The monoisotopic (exact) mass is 1500 g/mol. The minimum atomic E-state index is -2.01. The van der Waals surface area contributed by atoms with Gasteiger partial charge in [0.25, 0.3) is 0 Å². The predicted octanol–water partition coefficient (Wildman–Crippen LogP) is -3.16. The first-order valence-electron chi connectivity index (χ1n) is 36.9. The van der Waals surface area contributed by atoms with E-state index in [-0.39, 0.29) is 75.3 Å². The lowest BCUT2D eigenvalue weighted by Crippen LogP contribution is -2.61. The third-order valence-corrected chi connectivity index (χ3v) is 17.6. The maximum Gasteiger partial charge on any atom is 0.305 e. The zero-order valence-corrected chi connectivity index (χ0v) is 63.4. The van der Waals surface area contributed by atoms with Crippen LogP contribution in [0.15, 0.2) is 30.3 Å². The summed E-state index contributed by atoms with van der Waals surface area (Å²) in [5.74, 6) is -15.9. The molecule has 0 spiro atoms. The van der Waals surface area contributed by atoms with Crippen molar-refractivity contribution >= 4 is 88.7 Å². The number of benzene rings is 1. The molecule has 0 heterocycles. The molecule has 600 valence electrons. The van der Waals surface area contributed by atoms with Crippen LogP contribution in [-0.2, 0) is 78.3 Å². The van der Waals surface area contributed by atoms with Gasteiger partial charge in [0.1, 0.15) is 66.5 Å². The van der Waals surface area contributed by atoms with Gasteiger partial charge in [-0.3, -0.25) is 71.9 Å². The van der Waals surface area contributed by atoms with E-state index in [4.69, 9.17) is 34.4 Å². The molecule has 0 bridgehead atoms. The molecule has 0 fully saturated rings. The highest BCUT2D eigenvalue weighted by Gasteiger charge is 2.38. The van der Waals surface area contributed by atoms with Gasteiger partial charge in [-0.2, -0.15) is 0 Å². The van der Waals surface area contributed by atoms with Crippen LogP contribution < -0.4 is 98.2 Å². The molecule has 1 aromatic rings. The second kappa shape index (κ2) is 51.3. The third-order valence-electron chi connectivity index (χ3n) is 17.6. The van der Waals surface area contributed by atoms with E-state index in [1.54, 1.807) is 92.6 Å². The van der Waals surface area contributed by atoms with Crippen LogP contribution in [0.1, 0.15) is 184 Å². The Morgan fingerprint density at radius 2 is 0.774 bits per heavy atom. The Morgan fingerprint density at radius 1 is 0.406 bits per heavy atom. The summed E-state index contributed by atoms with van der Waals surface area (Å²) in [7, 11) is 0. The molecule has 0 aliphatic carbocycles. The fraction of sp³-hybridized carbons (Fsp3) is 0.704. The molecular weight excluding hydrogens is 1380 g/mol. The van der Waals surface area contributed by atoms with Crippen molar-refractivity contribution in [3.8, 4) is 0 Å². The highest BCUT2D eigenvalue weighted by atomic mass is 16.4. The second-order valence-corrected chi connectivity index (χ2v) is 28.3. The molecule has 14 atom stereocenters. The highest BCUT2D eigenvalue weighted by Crippen LogP contribution is 2.16. The Kier molecular flexibility index (Phi) is 46.0. The van der Waals surface area contributed by atoms with Crippen LogP contribution >= 0.6 is 0 Å². The number of aliphatic carboxylic acids is 1. The van der Waals surface area contributed by atoms with E-state index in [1.807, 2.05) is 6.92 Å². The SMILES string of the molecule is CC[C@H](C)[C@H](NC(=O)[C@H](CCCCN)NC(=O)[C@@H](NC(=O)[C@@H](N)CCCCN)[C@@H](C)CC)C(=O)NCC(=O)N[C@@H](CC(C)C)C(=O)N[C@@H](Cc1ccccc1)C(=O)N[C@@H](CC(=O)O)C(=O)N[C@@H](CCC(N)=O)C(=O)N[C@@H](CC(C)C)C(=O)N[C@@H](CO)C(=O)N[C@@H](CCCCN)C(=O)N[C@@H](CC(C)C)C(N)=O. The Hall–Kier alpha value is -8.93. The number of carboxylic acids is 1. The maximum atomic E-state index is 14.6. The number of rotatable bonds is 55. The average Bonchev–Trinajstić information content (AvgIpc) is 0.852. The molecular formula is C71H124N18O17. The number of hydrogen-bond acceptors (Lipinski definition) is 20. The standard InChI is InChI=1S/C71H124N18O17/c1-11-42(9)58(89-64(99)47(26-18-21-31-74)82-71(106)59(43(10)12-2)88-61(96)45(75)24-16-19-29-72)70(105)78-37-56(92)79-50(33-40(5)6)65(100)85-52(35-44-22-14-13-15-23-44)67(102)86-53(36-57(93)94)68(103)81-48(27-28-55(76)91)63(98)84-51(34-41(7)8)66(101)87-54(38-90)69(104)80-46(25-17-20-30-73)62(97)83-49(60(77)95)32-39(3)4/h13-15,22-23,39-43,45-54,58-59,90H,11-12,16-21,24-38,72-75H2,1-10H3,(H2,76,91)(H2,77,95)(H,78,105)(H,79,92)(H,80,104)(H,81,103)(H,82,106)(H,83,97)(H,84,98)(H,85,100)(H,86,102)(H,87,101)(H,88,96)(H,89,99)(H,93,94)/t42-,43-,45-,46-,47-,48-,49-,50-,51-,52-,53-,54-,58-,59-/m0/s1. The number of aliphatic hydroxyl groups excluding tert-OH is 1. The number of carbonyl (C=O) groups is 15. The van der Waals surface area contributed by atoms with E-state index in [2.05, 4.69) is 63.8 Å². The minimum absolute atomic E-state index is 0.0324. The molecule has 1 aromatic carbocycles. The van der Waals surface area contributed by atoms with Gasteiger partial charge in [-0.1, -0.05) is 119 Å². The summed E-state index contributed by atoms with van der Waals surface area (Å²) in [6.45, 7) is 16.7. The van der Waals surface area contributed by atoms with Crippen molar-refractivity contribution in [3.63, 3.8) is 0 Å². The van der Waals surface area contributed by atoms with E-state index < -0.39 is 200 Å². The molecule has 35 heteroatoms. The Morgan fingerprint density at radius 3 is 1.24 bits per heavy atom. The summed E-state index contributed by atoms with van der Waals surface area (Å²) in [6.07, 6.45) is 1.78. The van der Waals surface area contributed by atoms with Crippen molar-refractivity contribution < 1.29 is 82.1 Å². The van der Waals surface area contributed by atoms with E-state index in [9.17, 15) is 82.1 Å². The van der Waals surface area contributed by atoms with Gasteiger partial charge < -0.3 is 108 Å². The number of amides is 14. The van der Waals surface area contributed by atoms with Gasteiger partial charge in [0, 0.05) is 12.8 Å². The average molecular weight is 1500 g/mol. The molecule has 106 heavy (non-hydrogen) atoms. The number of nitrogens with one attached hydrogen (secondary N) is 12. The zero-order chi connectivity index (χ0) is 80.3. The fourth-order valence-corrected chi connectivity index (χ4v) is 11.1. The maximum absolute atomic E-state index is 14.6. The van der Waals surface area contributed by atoms with Gasteiger partial charge in [-0.05, 0) is 132 Å².